The second-order valence-corrected chi connectivity index (χ2v) is 11.9. The first-order valence-corrected chi connectivity index (χ1v) is 14.1. The normalized spacial score (nSPS) is 16.4. The molecule has 1 atom stereocenters. The van der Waals surface area contributed by atoms with E-state index in [1.165, 1.54) is 9.87 Å². The zero-order chi connectivity index (χ0) is 26.3. The molecule has 1 aliphatic heterocycles. The van der Waals surface area contributed by atoms with Crippen LogP contribution in [0.4, 0.5) is 5.69 Å². The van der Waals surface area contributed by atoms with Gasteiger partial charge in [0.15, 0.2) is 0 Å². The zero-order valence-electron chi connectivity index (χ0n) is 21.5. The van der Waals surface area contributed by atoms with Crippen molar-refractivity contribution < 1.29 is 13.5 Å². The fourth-order valence-corrected chi connectivity index (χ4v) is 5.72. The number of pyridine rings is 1. The van der Waals surface area contributed by atoms with E-state index in [4.69, 9.17) is 0 Å². The molecule has 0 spiro atoms. The van der Waals surface area contributed by atoms with Gasteiger partial charge < -0.3 is 10.4 Å². The largest absolute Gasteiger partial charge is 0.387 e. The van der Waals surface area contributed by atoms with Gasteiger partial charge in [-0.05, 0) is 49.6 Å². The molecule has 1 aromatic heterocycles. The molecule has 0 bridgehead atoms. The molecule has 0 aliphatic carbocycles. The molecule has 2 aromatic carbocycles. The van der Waals surface area contributed by atoms with Crippen LogP contribution in [-0.2, 0) is 23.2 Å². The molecule has 3 aromatic rings. The lowest BCUT2D eigenvalue weighted by Crippen LogP contribution is -2.49. The van der Waals surface area contributed by atoms with Gasteiger partial charge in [-0.2, -0.15) is 12.7 Å². The van der Waals surface area contributed by atoms with Crippen molar-refractivity contribution in [1.82, 2.24) is 19.5 Å². The molecule has 198 valence electrons. The summed E-state index contributed by atoms with van der Waals surface area (Å²) in [7, 11) is -3.61. The van der Waals surface area contributed by atoms with Crippen LogP contribution in [-0.4, -0.2) is 66.0 Å². The van der Waals surface area contributed by atoms with E-state index < -0.39 is 16.3 Å². The second kappa shape index (κ2) is 12.1. The lowest BCUT2D eigenvalue weighted by Gasteiger charge is -2.34. The molecule has 1 fully saturated rings. The summed E-state index contributed by atoms with van der Waals surface area (Å²) in [5, 5.41) is 13.8. The van der Waals surface area contributed by atoms with Crippen LogP contribution in [0.2, 0.25) is 0 Å². The first-order chi connectivity index (χ1) is 17.7. The fourth-order valence-electron chi connectivity index (χ4n) is 4.51. The molecule has 3 N–H and O–H groups in total. The number of hydrogen-bond acceptors (Lipinski definition) is 6. The molecule has 0 amide bonds. The van der Waals surface area contributed by atoms with E-state index in [9.17, 15) is 13.5 Å². The molecule has 8 nitrogen and oxygen atoms in total. The summed E-state index contributed by atoms with van der Waals surface area (Å²) in [6.45, 7) is 7.73. The molecular weight excluding hydrogens is 486 g/mol. The van der Waals surface area contributed by atoms with Crippen LogP contribution in [0.3, 0.4) is 0 Å². The number of aromatic nitrogens is 1. The summed E-state index contributed by atoms with van der Waals surface area (Å²) in [5.41, 5.74) is 3.38. The summed E-state index contributed by atoms with van der Waals surface area (Å²) in [4.78, 5) is 6.34. The van der Waals surface area contributed by atoms with Crippen molar-refractivity contribution in [2.45, 2.75) is 38.5 Å². The van der Waals surface area contributed by atoms with Crippen LogP contribution in [0.1, 0.15) is 36.6 Å². The second-order valence-electron chi connectivity index (χ2n) is 10.2. The quantitative estimate of drug-likeness (QED) is 0.357. The van der Waals surface area contributed by atoms with Gasteiger partial charge in [-0.25, -0.2) is 0 Å². The maximum atomic E-state index is 13.0. The van der Waals surface area contributed by atoms with E-state index in [2.05, 4.69) is 45.9 Å². The Kier molecular flexibility index (Phi) is 8.94. The van der Waals surface area contributed by atoms with Crippen LogP contribution >= 0.6 is 0 Å². The number of aliphatic hydroxyl groups is 1. The van der Waals surface area contributed by atoms with E-state index >= 15 is 0 Å². The van der Waals surface area contributed by atoms with E-state index in [0.717, 1.165) is 24.1 Å². The number of hydrogen-bond donors (Lipinski definition) is 3. The number of piperazine rings is 1. The average Bonchev–Trinajstić information content (AvgIpc) is 2.90. The van der Waals surface area contributed by atoms with Gasteiger partial charge in [-0.15, -0.1) is 0 Å². The minimum atomic E-state index is -3.61. The molecule has 1 saturated heterocycles. The fraction of sp³-hybridized carbons (Fsp3) is 0.393. The van der Waals surface area contributed by atoms with Crippen LogP contribution in [0.25, 0.3) is 0 Å². The summed E-state index contributed by atoms with van der Waals surface area (Å²) < 4.78 is 30.2. The first kappa shape index (κ1) is 27.2. The number of β-amino-alcohol motifs (C(OH)–C–C–N with tert-alkyl or cyclic N) is 1. The predicted molar refractivity (Wildman–Crippen MR) is 147 cm³/mol. The van der Waals surface area contributed by atoms with Crippen LogP contribution < -0.4 is 10.0 Å². The first-order valence-electron chi connectivity index (χ1n) is 12.7. The molecular formula is C28H37N5O3S. The highest BCUT2D eigenvalue weighted by Gasteiger charge is 2.27. The Balaban J connectivity index is 1.25. The molecule has 2 heterocycles. The highest BCUT2D eigenvalue weighted by atomic mass is 32.2. The molecule has 0 unspecified atom stereocenters. The number of aliphatic hydroxyl groups excluding tert-OH is 1. The summed E-state index contributed by atoms with van der Waals surface area (Å²) >= 11 is 0. The van der Waals surface area contributed by atoms with Crippen LogP contribution in [0, 0.1) is 0 Å². The Labute approximate surface area is 220 Å². The lowest BCUT2D eigenvalue weighted by molar-refractivity contribution is 0.160. The third-order valence-electron chi connectivity index (χ3n) is 6.61. The van der Waals surface area contributed by atoms with E-state index in [1.54, 1.807) is 24.5 Å². The molecule has 9 heteroatoms. The van der Waals surface area contributed by atoms with Crippen molar-refractivity contribution in [3.05, 3.63) is 95.8 Å². The van der Waals surface area contributed by atoms with E-state index in [1.807, 2.05) is 42.5 Å². The molecule has 1 aliphatic rings. The van der Waals surface area contributed by atoms with Gasteiger partial charge in [0.1, 0.15) is 0 Å². The molecule has 0 radical (unpaired) electrons. The predicted octanol–water partition coefficient (Wildman–Crippen LogP) is 3.20. The SMILES string of the molecule is CC(C)(Cc1ccc(NS(=O)(=O)N2CCN(Cc3ccccc3)CC2)cc1)NC[C@H](O)c1cccnc1. The Bertz CT molecular complexity index is 1210. The van der Waals surface area contributed by atoms with Gasteiger partial charge in [0.2, 0.25) is 0 Å². The highest BCUT2D eigenvalue weighted by Crippen LogP contribution is 2.20. The van der Waals surface area contributed by atoms with E-state index in [-0.39, 0.29) is 5.54 Å². The minimum Gasteiger partial charge on any atom is -0.387 e. The Morgan fingerprint density at radius 3 is 2.30 bits per heavy atom. The van der Waals surface area contributed by atoms with Crippen molar-refractivity contribution in [3.8, 4) is 0 Å². The van der Waals surface area contributed by atoms with E-state index in [0.29, 0.717) is 38.4 Å². The number of rotatable bonds is 11. The number of benzene rings is 2. The smallest absolute Gasteiger partial charge is 0.301 e. The van der Waals surface area contributed by atoms with Gasteiger partial charge in [0.25, 0.3) is 0 Å². The standard InChI is InChI=1S/C28H37N5O3S/c1-28(2,30-21-27(34)25-9-6-14-29-20-25)19-23-10-12-26(13-11-23)31-37(35,36)33-17-15-32(16-18-33)22-24-7-4-3-5-8-24/h3-14,20,27,30-31,34H,15-19,21-22H2,1-2H3/t27-/m0/s1. The van der Waals surface area contributed by atoms with Crippen molar-refractivity contribution >= 4 is 15.9 Å². The monoisotopic (exact) mass is 523 g/mol. The maximum absolute atomic E-state index is 13.0. The summed E-state index contributed by atoms with van der Waals surface area (Å²) in [6.07, 6.45) is 3.45. The Morgan fingerprint density at radius 2 is 1.65 bits per heavy atom. The molecule has 0 saturated carbocycles. The number of nitrogens with one attached hydrogen (secondary N) is 2. The van der Waals surface area contributed by atoms with Gasteiger partial charge in [0.05, 0.1) is 6.10 Å². The van der Waals surface area contributed by atoms with Crippen molar-refractivity contribution in [2.24, 2.45) is 0 Å². The van der Waals surface area contributed by atoms with Crippen molar-refractivity contribution in [2.75, 3.05) is 37.4 Å². The summed E-state index contributed by atoms with van der Waals surface area (Å²) in [6, 6.07) is 21.4. The molecule has 4 rings (SSSR count). The summed E-state index contributed by atoms with van der Waals surface area (Å²) in [5.74, 6) is 0. The lowest BCUT2D eigenvalue weighted by atomic mass is 9.94. The van der Waals surface area contributed by atoms with Crippen molar-refractivity contribution in [1.29, 1.82) is 0 Å². The average molecular weight is 524 g/mol. The van der Waals surface area contributed by atoms with Gasteiger partial charge >= 0.3 is 10.2 Å². The Hall–Kier alpha value is -2.82. The Morgan fingerprint density at radius 1 is 0.946 bits per heavy atom. The third kappa shape index (κ3) is 8.08. The van der Waals surface area contributed by atoms with Gasteiger partial charge in [0, 0.05) is 68.5 Å². The van der Waals surface area contributed by atoms with Crippen molar-refractivity contribution in [3.63, 3.8) is 0 Å². The number of nitrogens with zero attached hydrogens (tertiary/aromatic N) is 3. The van der Waals surface area contributed by atoms with Gasteiger partial charge in [-0.3, -0.25) is 14.6 Å². The highest BCUT2D eigenvalue weighted by molar-refractivity contribution is 7.90. The van der Waals surface area contributed by atoms with Gasteiger partial charge in [-0.1, -0.05) is 48.5 Å². The van der Waals surface area contributed by atoms with Crippen LogP contribution in [0.5, 0.6) is 0 Å². The zero-order valence-corrected chi connectivity index (χ0v) is 22.4. The third-order valence-corrected chi connectivity index (χ3v) is 8.15. The molecule has 37 heavy (non-hydrogen) atoms. The topological polar surface area (TPSA) is 97.8 Å². The minimum absolute atomic E-state index is 0.260. The number of anilines is 1. The van der Waals surface area contributed by atoms with Crippen LogP contribution in [0.15, 0.2) is 79.1 Å². The maximum Gasteiger partial charge on any atom is 0.301 e.